The van der Waals surface area contributed by atoms with Crippen LogP contribution < -0.4 is 15.4 Å². The molecule has 4 rings (SSSR count). The van der Waals surface area contributed by atoms with Gasteiger partial charge in [0.1, 0.15) is 5.76 Å². The first-order valence-corrected chi connectivity index (χ1v) is 6.99. The summed E-state index contributed by atoms with van der Waals surface area (Å²) >= 11 is 0. The van der Waals surface area contributed by atoms with Crippen LogP contribution in [0.4, 0.5) is 5.69 Å². The highest BCUT2D eigenvalue weighted by Gasteiger charge is 2.26. The molecule has 0 saturated heterocycles. The minimum atomic E-state index is -0.403. The van der Waals surface area contributed by atoms with Gasteiger partial charge in [-0.1, -0.05) is 24.3 Å². The number of fused-ring (bicyclic) bond motifs is 2. The van der Waals surface area contributed by atoms with E-state index in [4.69, 9.17) is 9.15 Å². The third kappa shape index (κ3) is 1.90. The first kappa shape index (κ1) is 12.8. The Kier molecular flexibility index (Phi) is 2.79. The first-order valence-electron chi connectivity index (χ1n) is 6.99. The normalized spacial score (nSPS) is 16.8. The highest BCUT2D eigenvalue weighted by molar-refractivity contribution is 6.01. The van der Waals surface area contributed by atoms with Crippen molar-refractivity contribution in [1.82, 2.24) is 5.32 Å². The van der Waals surface area contributed by atoms with Gasteiger partial charge in [-0.25, -0.2) is 0 Å². The quantitative estimate of drug-likeness (QED) is 0.761. The van der Waals surface area contributed by atoms with E-state index in [1.807, 2.05) is 42.5 Å². The number of rotatable bonds is 2. The van der Waals surface area contributed by atoms with Crippen LogP contribution in [0, 0.1) is 0 Å². The van der Waals surface area contributed by atoms with Crippen LogP contribution >= 0.6 is 0 Å². The number of para-hydroxylation sites is 2. The topological polar surface area (TPSA) is 63.5 Å². The number of amides is 1. The molecule has 1 unspecified atom stereocenters. The highest BCUT2D eigenvalue weighted by atomic mass is 16.5. The van der Waals surface area contributed by atoms with Gasteiger partial charge in [-0.05, 0) is 24.3 Å². The number of hydrogen-bond acceptors (Lipinski definition) is 4. The van der Waals surface area contributed by atoms with E-state index >= 15 is 0 Å². The Labute approximate surface area is 126 Å². The van der Waals surface area contributed by atoms with Crippen LogP contribution in [-0.4, -0.2) is 13.0 Å². The summed E-state index contributed by atoms with van der Waals surface area (Å²) < 4.78 is 11.2. The van der Waals surface area contributed by atoms with E-state index in [9.17, 15) is 4.79 Å². The minimum Gasteiger partial charge on any atom is -0.493 e. The maximum absolute atomic E-state index is 12.2. The van der Waals surface area contributed by atoms with Crippen molar-refractivity contribution in [3.8, 4) is 5.75 Å². The maximum atomic E-state index is 12.2. The van der Waals surface area contributed by atoms with Crippen LogP contribution in [0.5, 0.6) is 5.75 Å². The number of carbonyl (C=O) groups excluding carboxylic acids is 1. The lowest BCUT2D eigenvalue weighted by molar-refractivity contribution is 0.0931. The average molecular weight is 294 g/mol. The molecule has 2 heterocycles. The fraction of sp³-hybridized carbons (Fsp3) is 0.118. The monoisotopic (exact) mass is 294 g/mol. The van der Waals surface area contributed by atoms with Gasteiger partial charge >= 0.3 is 0 Å². The predicted molar refractivity (Wildman–Crippen MR) is 83.0 cm³/mol. The molecule has 22 heavy (non-hydrogen) atoms. The first-order chi connectivity index (χ1) is 10.8. The molecule has 1 aliphatic rings. The Hall–Kier alpha value is -2.95. The van der Waals surface area contributed by atoms with E-state index in [-0.39, 0.29) is 5.91 Å². The summed E-state index contributed by atoms with van der Waals surface area (Å²) in [6, 6.07) is 15.0. The molecule has 5 heteroatoms. The van der Waals surface area contributed by atoms with Crippen LogP contribution in [0.15, 0.2) is 52.9 Å². The van der Waals surface area contributed by atoms with Crippen LogP contribution in [0.25, 0.3) is 11.0 Å². The summed E-state index contributed by atoms with van der Waals surface area (Å²) in [7, 11) is 1.61. The summed E-state index contributed by atoms with van der Waals surface area (Å²) in [5, 5.41) is 7.11. The molecule has 0 saturated carbocycles. The third-order valence-corrected chi connectivity index (χ3v) is 3.78. The Morgan fingerprint density at radius 2 is 1.95 bits per heavy atom. The van der Waals surface area contributed by atoms with E-state index < -0.39 is 6.17 Å². The molecule has 5 nitrogen and oxygen atoms in total. The molecule has 2 aromatic carbocycles. The summed E-state index contributed by atoms with van der Waals surface area (Å²) in [4.78, 5) is 12.2. The lowest BCUT2D eigenvalue weighted by Crippen LogP contribution is -2.38. The van der Waals surface area contributed by atoms with Gasteiger partial charge in [0.05, 0.1) is 12.7 Å². The Bertz CT molecular complexity index is 869. The molecule has 0 fully saturated rings. The van der Waals surface area contributed by atoms with Gasteiger partial charge in [0.25, 0.3) is 5.91 Å². The van der Waals surface area contributed by atoms with Crippen LogP contribution in [0.1, 0.15) is 22.3 Å². The average Bonchev–Trinajstić information content (AvgIpc) is 2.99. The molecular weight excluding hydrogens is 280 g/mol. The second-order valence-corrected chi connectivity index (χ2v) is 5.12. The Morgan fingerprint density at radius 1 is 1.09 bits per heavy atom. The summed E-state index contributed by atoms with van der Waals surface area (Å²) in [5.74, 6) is 1.19. The zero-order valence-electron chi connectivity index (χ0n) is 11.9. The lowest BCUT2D eigenvalue weighted by Gasteiger charge is -2.26. The van der Waals surface area contributed by atoms with Crippen molar-refractivity contribution in [3.05, 3.63) is 59.9 Å². The SMILES string of the molecule is COc1cccc2cc(C3NC(=O)c4ccccc4N3)oc12. The van der Waals surface area contributed by atoms with Crippen molar-refractivity contribution in [2.45, 2.75) is 6.17 Å². The predicted octanol–water partition coefficient (Wildman–Crippen LogP) is 3.30. The molecule has 1 amide bonds. The smallest absolute Gasteiger partial charge is 0.255 e. The number of ether oxygens (including phenoxy) is 1. The molecule has 0 aliphatic carbocycles. The summed E-state index contributed by atoms with van der Waals surface area (Å²) in [5.41, 5.74) is 2.10. The van der Waals surface area contributed by atoms with Crippen molar-refractivity contribution < 1.29 is 13.9 Å². The number of hydrogen-bond donors (Lipinski definition) is 2. The fourth-order valence-corrected chi connectivity index (χ4v) is 2.71. The molecular formula is C17H14N2O3. The van der Waals surface area contributed by atoms with Gasteiger partial charge in [-0.3, -0.25) is 4.79 Å². The van der Waals surface area contributed by atoms with Crippen LogP contribution in [0.2, 0.25) is 0 Å². The molecule has 1 aromatic heterocycles. The number of benzene rings is 2. The Morgan fingerprint density at radius 3 is 2.82 bits per heavy atom. The largest absolute Gasteiger partial charge is 0.493 e. The van der Waals surface area contributed by atoms with Crippen molar-refractivity contribution in [1.29, 1.82) is 0 Å². The molecule has 0 radical (unpaired) electrons. The zero-order valence-corrected chi connectivity index (χ0v) is 11.9. The molecule has 1 atom stereocenters. The second-order valence-electron chi connectivity index (χ2n) is 5.12. The van der Waals surface area contributed by atoms with E-state index in [2.05, 4.69) is 10.6 Å². The number of furan rings is 1. The van der Waals surface area contributed by atoms with E-state index in [0.29, 0.717) is 22.7 Å². The van der Waals surface area contributed by atoms with E-state index in [0.717, 1.165) is 11.1 Å². The maximum Gasteiger partial charge on any atom is 0.255 e. The highest BCUT2D eigenvalue weighted by Crippen LogP contribution is 2.33. The van der Waals surface area contributed by atoms with Gasteiger partial charge in [-0.15, -0.1) is 0 Å². The van der Waals surface area contributed by atoms with Crippen LogP contribution in [-0.2, 0) is 0 Å². The zero-order chi connectivity index (χ0) is 15.1. The third-order valence-electron chi connectivity index (χ3n) is 3.78. The van der Waals surface area contributed by atoms with Crippen molar-refractivity contribution in [3.63, 3.8) is 0 Å². The van der Waals surface area contributed by atoms with E-state index in [1.54, 1.807) is 13.2 Å². The van der Waals surface area contributed by atoms with E-state index in [1.165, 1.54) is 0 Å². The van der Waals surface area contributed by atoms with Gasteiger partial charge in [-0.2, -0.15) is 0 Å². The number of anilines is 1. The lowest BCUT2D eigenvalue weighted by atomic mass is 10.1. The molecule has 1 aliphatic heterocycles. The van der Waals surface area contributed by atoms with Gasteiger partial charge in [0.2, 0.25) is 0 Å². The van der Waals surface area contributed by atoms with Crippen molar-refractivity contribution in [2.24, 2.45) is 0 Å². The molecule has 0 bridgehead atoms. The van der Waals surface area contributed by atoms with Crippen molar-refractivity contribution >= 4 is 22.6 Å². The summed E-state index contributed by atoms with van der Waals surface area (Å²) in [6.45, 7) is 0. The Balaban J connectivity index is 1.76. The van der Waals surface area contributed by atoms with Gasteiger partial charge < -0.3 is 19.8 Å². The van der Waals surface area contributed by atoms with Crippen LogP contribution in [0.3, 0.4) is 0 Å². The number of nitrogens with one attached hydrogen (secondary N) is 2. The van der Waals surface area contributed by atoms with Gasteiger partial charge in [0, 0.05) is 11.1 Å². The summed E-state index contributed by atoms with van der Waals surface area (Å²) in [6.07, 6.45) is -0.403. The molecule has 2 N–H and O–H groups in total. The standard InChI is InChI=1S/C17H14N2O3/c1-21-13-8-4-5-10-9-14(22-15(10)13)16-18-12-7-3-2-6-11(12)17(20)19-16/h2-9,16,18H,1H3,(H,19,20). The molecule has 110 valence electrons. The molecule has 3 aromatic rings. The van der Waals surface area contributed by atoms with Gasteiger partial charge in [0.15, 0.2) is 17.5 Å². The molecule has 0 spiro atoms. The number of methoxy groups -OCH3 is 1. The number of carbonyl (C=O) groups is 1. The van der Waals surface area contributed by atoms with Crippen molar-refractivity contribution in [2.75, 3.05) is 12.4 Å². The minimum absolute atomic E-state index is 0.119. The second kappa shape index (κ2) is 4.80. The fourth-order valence-electron chi connectivity index (χ4n) is 2.71.